The van der Waals surface area contributed by atoms with Gasteiger partial charge >= 0.3 is 12.1 Å². The molecule has 7 heteroatoms. The van der Waals surface area contributed by atoms with E-state index in [1.165, 1.54) is 13.2 Å². The Morgan fingerprint density at radius 2 is 1.91 bits per heavy atom. The van der Waals surface area contributed by atoms with E-state index in [1.807, 2.05) is 0 Å². The van der Waals surface area contributed by atoms with Gasteiger partial charge < -0.3 is 25.0 Å². The third kappa shape index (κ3) is 5.69. The van der Waals surface area contributed by atoms with Crippen LogP contribution in [0, 0.1) is 6.92 Å². The van der Waals surface area contributed by atoms with Gasteiger partial charge in [-0.25, -0.2) is 9.59 Å². The molecule has 1 atom stereocenters. The number of phenols is 1. The summed E-state index contributed by atoms with van der Waals surface area (Å²) in [6.45, 7) is 6.80. The number of amides is 1. The van der Waals surface area contributed by atoms with E-state index in [1.54, 1.807) is 33.8 Å². The van der Waals surface area contributed by atoms with Crippen LogP contribution in [0.2, 0.25) is 0 Å². The highest BCUT2D eigenvalue weighted by Crippen LogP contribution is 2.31. The fourth-order valence-electron chi connectivity index (χ4n) is 2.10. The second kappa shape index (κ2) is 7.21. The molecular weight excluding hydrogens is 302 g/mol. The van der Waals surface area contributed by atoms with E-state index in [2.05, 4.69) is 5.32 Å². The number of benzene rings is 1. The van der Waals surface area contributed by atoms with Crippen molar-refractivity contribution in [1.29, 1.82) is 0 Å². The van der Waals surface area contributed by atoms with Crippen LogP contribution in [-0.4, -0.2) is 41.0 Å². The van der Waals surface area contributed by atoms with Crippen molar-refractivity contribution in [2.45, 2.75) is 45.8 Å². The highest BCUT2D eigenvalue weighted by Gasteiger charge is 2.24. The number of carbonyl (C=O) groups is 2. The molecule has 0 spiro atoms. The van der Waals surface area contributed by atoms with Crippen molar-refractivity contribution < 1.29 is 29.3 Å². The summed E-state index contributed by atoms with van der Waals surface area (Å²) in [6, 6.07) is 1.95. The van der Waals surface area contributed by atoms with E-state index < -0.39 is 23.7 Å². The summed E-state index contributed by atoms with van der Waals surface area (Å²) in [5.41, 5.74) is 0.510. The molecule has 128 valence electrons. The molecule has 0 fully saturated rings. The Morgan fingerprint density at radius 1 is 1.30 bits per heavy atom. The molecule has 7 nitrogen and oxygen atoms in total. The van der Waals surface area contributed by atoms with Gasteiger partial charge in [0.1, 0.15) is 11.6 Å². The summed E-state index contributed by atoms with van der Waals surface area (Å²) in [4.78, 5) is 23.1. The van der Waals surface area contributed by atoms with Crippen molar-refractivity contribution >= 4 is 12.1 Å². The number of alkyl carbamates (subject to hydrolysis) is 1. The molecule has 0 aliphatic heterocycles. The van der Waals surface area contributed by atoms with E-state index in [0.717, 1.165) is 0 Å². The van der Waals surface area contributed by atoms with E-state index >= 15 is 0 Å². The molecule has 0 saturated carbocycles. The van der Waals surface area contributed by atoms with Gasteiger partial charge in [0.25, 0.3) is 0 Å². The maximum Gasteiger partial charge on any atom is 0.408 e. The number of aromatic hydroxyl groups is 1. The Bertz CT molecular complexity index is 568. The normalized spacial score (nSPS) is 12.4. The molecule has 0 aliphatic rings. The van der Waals surface area contributed by atoms with Gasteiger partial charge in [-0.15, -0.1) is 0 Å². The lowest BCUT2D eigenvalue weighted by Gasteiger charge is -2.22. The Hall–Kier alpha value is -2.44. The summed E-state index contributed by atoms with van der Waals surface area (Å²) in [7, 11) is 1.44. The van der Waals surface area contributed by atoms with Gasteiger partial charge in [0, 0.05) is 6.42 Å². The first-order chi connectivity index (χ1) is 10.5. The smallest absolute Gasteiger partial charge is 0.408 e. The summed E-state index contributed by atoms with van der Waals surface area (Å²) >= 11 is 0. The molecule has 23 heavy (non-hydrogen) atoms. The van der Waals surface area contributed by atoms with E-state index in [0.29, 0.717) is 16.9 Å². The number of ether oxygens (including phenoxy) is 2. The standard InChI is InChI=1S/C16H23NO6/c1-9-6-10(8-12(18)13(9)22-5)7-11(14(19)20)17-15(21)23-16(2,3)4/h6,8,11,18H,7H2,1-5H3,(H,17,21)(H,19,20)/t11-/m0/s1. The number of hydrogen-bond donors (Lipinski definition) is 3. The molecular formula is C16H23NO6. The zero-order chi connectivity index (χ0) is 17.8. The van der Waals surface area contributed by atoms with Crippen LogP contribution in [0.3, 0.4) is 0 Å². The number of carbonyl (C=O) groups excluding carboxylic acids is 1. The lowest BCUT2D eigenvalue weighted by atomic mass is 10.0. The number of aryl methyl sites for hydroxylation is 1. The van der Waals surface area contributed by atoms with Crippen molar-refractivity contribution in [2.24, 2.45) is 0 Å². The minimum atomic E-state index is -1.19. The summed E-state index contributed by atoms with van der Waals surface area (Å²) in [5, 5.41) is 21.5. The fourth-order valence-corrected chi connectivity index (χ4v) is 2.10. The van der Waals surface area contributed by atoms with Crippen LogP contribution in [0.5, 0.6) is 11.5 Å². The van der Waals surface area contributed by atoms with Gasteiger partial charge in [0.2, 0.25) is 0 Å². The molecule has 0 bridgehead atoms. The first-order valence-electron chi connectivity index (χ1n) is 7.12. The maximum absolute atomic E-state index is 11.7. The maximum atomic E-state index is 11.7. The lowest BCUT2D eigenvalue weighted by molar-refractivity contribution is -0.139. The monoisotopic (exact) mass is 325 g/mol. The van der Waals surface area contributed by atoms with Gasteiger partial charge in [-0.05, 0) is 44.9 Å². The van der Waals surface area contributed by atoms with E-state index in [-0.39, 0.29) is 12.2 Å². The molecule has 0 heterocycles. The molecule has 3 N–H and O–H groups in total. The van der Waals surface area contributed by atoms with Crippen LogP contribution in [-0.2, 0) is 16.0 Å². The second-order valence-corrected chi connectivity index (χ2v) is 6.21. The SMILES string of the molecule is COc1c(C)cc(C[C@H](NC(=O)OC(C)(C)C)C(=O)O)cc1O. The molecule has 1 rings (SSSR count). The number of carboxylic acid groups (broad SMARTS) is 1. The summed E-state index contributed by atoms with van der Waals surface area (Å²) in [6.07, 6.45) is -0.799. The lowest BCUT2D eigenvalue weighted by Crippen LogP contribution is -2.44. The van der Waals surface area contributed by atoms with Crippen LogP contribution < -0.4 is 10.1 Å². The summed E-state index contributed by atoms with van der Waals surface area (Å²) < 4.78 is 10.1. The van der Waals surface area contributed by atoms with Crippen LogP contribution >= 0.6 is 0 Å². The average Bonchev–Trinajstić information content (AvgIpc) is 2.35. The number of carboxylic acids is 1. The first-order valence-corrected chi connectivity index (χ1v) is 7.12. The van der Waals surface area contributed by atoms with Crippen molar-refractivity contribution in [3.05, 3.63) is 23.3 Å². The number of phenolic OH excluding ortho intramolecular Hbond substituents is 1. The predicted octanol–water partition coefficient (Wildman–Crippen LogP) is 2.23. The number of hydrogen-bond acceptors (Lipinski definition) is 5. The van der Waals surface area contributed by atoms with Crippen molar-refractivity contribution in [2.75, 3.05) is 7.11 Å². The molecule has 1 aromatic carbocycles. The van der Waals surface area contributed by atoms with Gasteiger partial charge in [0.05, 0.1) is 7.11 Å². The van der Waals surface area contributed by atoms with Crippen LogP contribution in [0.25, 0.3) is 0 Å². The van der Waals surface area contributed by atoms with Crippen LogP contribution in [0.4, 0.5) is 4.79 Å². The second-order valence-electron chi connectivity index (χ2n) is 6.21. The Morgan fingerprint density at radius 3 is 2.35 bits per heavy atom. The fraction of sp³-hybridized carbons (Fsp3) is 0.500. The molecule has 1 aromatic rings. The van der Waals surface area contributed by atoms with E-state index in [4.69, 9.17) is 9.47 Å². The molecule has 0 radical (unpaired) electrons. The average molecular weight is 325 g/mol. The number of methoxy groups -OCH3 is 1. The molecule has 0 unspecified atom stereocenters. The van der Waals surface area contributed by atoms with Crippen molar-refractivity contribution in [3.63, 3.8) is 0 Å². The van der Waals surface area contributed by atoms with E-state index in [9.17, 15) is 19.8 Å². The van der Waals surface area contributed by atoms with Gasteiger partial charge in [-0.1, -0.05) is 6.07 Å². The zero-order valence-corrected chi connectivity index (χ0v) is 14.0. The largest absolute Gasteiger partial charge is 0.504 e. The predicted molar refractivity (Wildman–Crippen MR) is 83.9 cm³/mol. The topological polar surface area (TPSA) is 105 Å². The third-order valence-electron chi connectivity index (χ3n) is 2.95. The molecule has 1 amide bonds. The summed E-state index contributed by atoms with van der Waals surface area (Å²) in [5.74, 6) is -0.937. The zero-order valence-electron chi connectivity index (χ0n) is 14.0. The van der Waals surface area contributed by atoms with Crippen LogP contribution in [0.1, 0.15) is 31.9 Å². The molecule has 0 saturated heterocycles. The Labute approximate surface area is 135 Å². The highest BCUT2D eigenvalue weighted by molar-refractivity contribution is 5.80. The van der Waals surface area contributed by atoms with Crippen molar-refractivity contribution in [1.82, 2.24) is 5.32 Å². The number of nitrogens with one attached hydrogen (secondary N) is 1. The number of rotatable bonds is 5. The molecule has 0 aliphatic carbocycles. The van der Waals surface area contributed by atoms with Gasteiger partial charge in [0.15, 0.2) is 11.5 Å². The van der Waals surface area contributed by atoms with Gasteiger partial charge in [-0.3, -0.25) is 0 Å². The number of aliphatic carboxylic acids is 1. The Balaban J connectivity index is 2.89. The third-order valence-corrected chi connectivity index (χ3v) is 2.95. The Kier molecular flexibility index (Phi) is 5.84. The van der Waals surface area contributed by atoms with Crippen molar-refractivity contribution in [3.8, 4) is 11.5 Å². The van der Waals surface area contributed by atoms with Crippen LogP contribution in [0.15, 0.2) is 12.1 Å². The molecule has 0 aromatic heterocycles. The van der Waals surface area contributed by atoms with Gasteiger partial charge in [-0.2, -0.15) is 0 Å². The minimum absolute atomic E-state index is 0.00692. The minimum Gasteiger partial charge on any atom is -0.504 e. The first kappa shape index (κ1) is 18.6. The quantitative estimate of drug-likeness (QED) is 0.767. The highest BCUT2D eigenvalue weighted by atomic mass is 16.6.